The molecule has 3 fully saturated rings. The number of alkyl halides is 4. The fraction of sp³-hybridized carbons (Fsp3) is 0.857. The topological polar surface area (TPSA) is 52.7 Å². The van der Waals surface area contributed by atoms with Crippen molar-refractivity contribution in [1.82, 2.24) is 15.1 Å². The highest BCUT2D eigenvalue weighted by molar-refractivity contribution is 5.85. The highest BCUT2D eigenvalue weighted by atomic mass is 19.4. The molecule has 0 bridgehead atoms. The summed E-state index contributed by atoms with van der Waals surface area (Å²) in [6, 6.07) is -1.16. The Morgan fingerprint density at radius 3 is 2.39 bits per heavy atom. The second kappa shape index (κ2) is 5.32. The first-order valence-corrected chi connectivity index (χ1v) is 7.71. The van der Waals surface area contributed by atoms with E-state index in [2.05, 4.69) is 5.32 Å². The van der Waals surface area contributed by atoms with Crippen molar-refractivity contribution in [1.29, 1.82) is 0 Å². The molecule has 0 radical (unpaired) electrons. The summed E-state index contributed by atoms with van der Waals surface area (Å²) in [4.78, 5) is 26.5. The average molecular weight is 337 g/mol. The fourth-order valence-electron chi connectivity index (χ4n) is 3.51. The number of halogens is 4. The van der Waals surface area contributed by atoms with Crippen molar-refractivity contribution in [3.63, 3.8) is 0 Å². The van der Waals surface area contributed by atoms with Crippen molar-refractivity contribution in [3.05, 3.63) is 0 Å². The molecule has 3 rings (SSSR count). The summed E-state index contributed by atoms with van der Waals surface area (Å²) in [5.41, 5.74) is -0.900. The summed E-state index contributed by atoms with van der Waals surface area (Å²) in [7, 11) is 0. The van der Waals surface area contributed by atoms with Crippen molar-refractivity contribution in [3.8, 4) is 0 Å². The van der Waals surface area contributed by atoms with Gasteiger partial charge in [-0.05, 0) is 19.8 Å². The van der Waals surface area contributed by atoms with Gasteiger partial charge < -0.3 is 15.1 Å². The van der Waals surface area contributed by atoms with Crippen molar-refractivity contribution in [2.24, 2.45) is 0 Å². The molecule has 2 aliphatic heterocycles. The van der Waals surface area contributed by atoms with Crippen LogP contribution in [-0.4, -0.2) is 71.2 Å². The number of hydrogen-bond donors (Lipinski definition) is 1. The van der Waals surface area contributed by atoms with Crippen LogP contribution in [0.15, 0.2) is 0 Å². The number of carbonyl (C=O) groups is 2. The number of rotatable bonds is 1. The number of nitrogens with zero attached hydrogens (tertiary/aromatic N) is 2. The third-order valence-corrected chi connectivity index (χ3v) is 4.99. The van der Waals surface area contributed by atoms with E-state index >= 15 is 0 Å². The van der Waals surface area contributed by atoms with Gasteiger partial charge in [-0.2, -0.15) is 13.2 Å². The predicted octanol–water partition coefficient (Wildman–Crippen LogP) is 0.841. The molecule has 1 aliphatic carbocycles. The molecule has 130 valence electrons. The Hall–Kier alpha value is -1.38. The maximum absolute atomic E-state index is 13.3. The van der Waals surface area contributed by atoms with Crippen LogP contribution in [0.1, 0.15) is 26.2 Å². The lowest BCUT2D eigenvalue weighted by Crippen LogP contribution is -2.65. The second-order valence-electron chi connectivity index (χ2n) is 6.75. The molecular weight excluding hydrogens is 318 g/mol. The number of nitrogens with one attached hydrogen (secondary N) is 1. The number of carbonyl (C=O) groups excluding carboxylic acids is 2. The zero-order valence-electron chi connectivity index (χ0n) is 12.7. The molecule has 3 atom stereocenters. The van der Waals surface area contributed by atoms with E-state index in [1.807, 2.05) is 0 Å². The van der Waals surface area contributed by atoms with Crippen LogP contribution in [0.5, 0.6) is 0 Å². The average Bonchev–Trinajstić information content (AvgIpc) is 3.10. The van der Waals surface area contributed by atoms with E-state index in [4.69, 9.17) is 0 Å². The van der Waals surface area contributed by atoms with Gasteiger partial charge in [-0.15, -0.1) is 0 Å². The van der Waals surface area contributed by atoms with E-state index in [0.717, 1.165) is 4.90 Å². The lowest BCUT2D eigenvalue weighted by molar-refractivity contribution is -0.193. The Bertz CT molecular complexity index is 521. The molecular formula is C14H19F4N3O2. The monoisotopic (exact) mass is 337 g/mol. The van der Waals surface area contributed by atoms with E-state index < -0.39 is 35.9 Å². The second-order valence-corrected chi connectivity index (χ2v) is 6.75. The molecule has 9 heteroatoms. The predicted molar refractivity (Wildman–Crippen MR) is 72.2 cm³/mol. The van der Waals surface area contributed by atoms with E-state index in [1.54, 1.807) is 6.92 Å². The molecule has 2 amide bonds. The minimum Gasteiger partial charge on any atom is -0.335 e. The number of hydrogen-bond acceptors (Lipinski definition) is 3. The highest BCUT2D eigenvalue weighted by Gasteiger charge is 2.60. The van der Waals surface area contributed by atoms with Gasteiger partial charge >= 0.3 is 12.1 Å². The first kappa shape index (κ1) is 16.5. The zero-order valence-corrected chi connectivity index (χ0v) is 12.7. The van der Waals surface area contributed by atoms with Crippen LogP contribution in [-0.2, 0) is 9.59 Å². The largest absolute Gasteiger partial charge is 0.471 e. The first-order valence-electron chi connectivity index (χ1n) is 7.71. The van der Waals surface area contributed by atoms with E-state index in [0.29, 0.717) is 12.8 Å². The van der Waals surface area contributed by atoms with Crippen LogP contribution in [0.2, 0.25) is 0 Å². The SMILES string of the molecule is C[C@@H]1CN(C(=O)C(F)(F)F)C2(CC2)CN1C(=O)[C@@H]1C[C@@H](F)CN1. The number of piperazine rings is 1. The molecule has 3 aliphatic rings. The van der Waals surface area contributed by atoms with Crippen LogP contribution >= 0.6 is 0 Å². The summed E-state index contributed by atoms with van der Waals surface area (Å²) in [5, 5.41) is 2.80. The van der Waals surface area contributed by atoms with Crippen molar-refractivity contribution < 1.29 is 27.2 Å². The van der Waals surface area contributed by atoms with Gasteiger partial charge in [0.05, 0.1) is 11.6 Å². The third-order valence-electron chi connectivity index (χ3n) is 4.99. The van der Waals surface area contributed by atoms with Gasteiger partial charge in [-0.1, -0.05) is 0 Å². The Balaban J connectivity index is 1.73. The molecule has 23 heavy (non-hydrogen) atoms. The van der Waals surface area contributed by atoms with E-state index in [-0.39, 0.29) is 32.0 Å². The Morgan fingerprint density at radius 1 is 1.26 bits per heavy atom. The summed E-state index contributed by atoms with van der Waals surface area (Å²) < 4.78 is 51.5. The van der Waals surface area contributed by atoms with E-state index in [9.17, 15) is 27.2 Å². The minimum atomic E-state index is -4.91. The quantitative estimate of drug-likeness (QED) is 0.722. The van der Waals surface area contributed by atoms with Gasteiger partial charge in [-0.25, -0.2) is 4.39 Å². The van der Waals surface area contributed by atoms with Crippen molar-refractivity contribution in [2.75, 3.05) is 19.6 Å². The van der Waals surface area contributed by atoms with Crippen LogP contribution in [0.25, 0.3) is 0 Å². The first-order chi connectivity index (χ1) is 10.6. The van der Waals surface area contributed by atoms with Gasteiger partial charge in [-0.3, -0.25) is 9.59 Å². The zero-order chi connectivity index (χ0) is 17.0. The van der Waals surface area contributed by atoms with Gasteiger partial charge in [0.2, 0.25) is 5.91 Å². The summed E-state index contributed by atoms with van der Waals surface area (Å²) in [5.74, 6) is -2.13. The molecule has 1 saturated carbocycles. The lowest BCUT2D eigenvalue weighted by atomic mass is 10.0. The van der Waals surface area contributed by atoms with Gasteiger partial charge in [0.15, 0.2) is 0 Å². The fourth-order valence-corrected chi connectivity index (χ4v) is 3.51. The molecule has 1 N–H and O–H groups in total. The van der Waals surface area contributed by atoms with Crippen LogP contribution < -0.4 is 5.32 Å². The van der Waals surface area contributed by atoms with Gasteiger partial charge in [0, 0.05) is 32.1 Å². The maximum Gasteiger partial charge on any atom is 0.471 e. The molecule has 0 aromatic carbocycles. The van der Waals surface area contributed by atoms with Crippen molar-refractivity contribution >= 4 is 11.8 Å². The molecule has 0 unspecified atom stereocenters. The molecule has 1 spiro atoms. The Labute approximate surface area is 131 Å². The number of amides is 2. The third kappa shape index (κ3) is 2.90. The maximum atomic E-state index is 13.3. The molecule has 0 aromatic heterocycles. The Morgan fingerprint density at radius 2 is 1.91 bits per heavy atom. The van der Waals surface area contributed by atoms with Gasteiger partial charge in [0.25, 0.3) is 0 Å². The lowest BCUT2D eigenvalue weighted by Gasteiger charge is -2.46. The van der Waals surface area contributed by atoms with Crippen LogP contribution in [0.4, 0.5) is 17.6 Å². The smallest absolute Gasteiger partial charge is 0.335 e. The van der Waals surface area contributed by atoms with Crippen LogP contribution in [0, 0.1) is 0 Å². The van der Waals surface area contributed by atoms with Gasteiger partial charge in [0.1, 0.15) is 6.17 Å². The molecule has 2 heterocycles. The summed E-state index contributed by atoms with van der Waals surface area (Å²) in [6.45, 7) is 1.67. The normalized spacial score (nSPS) is 33.2. The minimum absolute atomic E-state index is 0.0836. The van der Waals surface area contributed by atoms with E-state index in [1.165, 1.54) is 4.90 Å². The molecule has 5 nitrogen and oxygen atoms in total. The Kier molecular flexibility index (Phi) is 3.81. The van der Waals surface area contributed by atoms with Crippen molar-refractivity contribution in [2.45, 2.75) is 56.2 Å². The van der Waals surface area contributed by atoms with Crippen LogP contribution in [0.3, 0.4) is 0 Å². The summed E-state index contributed by atoms with van der Waals surface area (Å²) in [6.07, 6.45) is -5.00. The summed E-state index contributed by atoms with van der Waals surface area (Å²) >= 11 is 0. The molecule has 0 aromatic rings. The molecule has 2 saturated heterocycles. The standard InChI is InChI=1S/C14H19F4N3O2/c1-8-6-21(12(23)14(16,17)18)13(2-3-13)7-20(8)11(22)10-4-9(15)5-19-10/h8-10,19H,2-7H2,1H3/t8-,9-,10+/m1/s1. The highest BCUT2D eigenvalue weighted by Crippen LogP contribution is 2.47.